The van der Waals surface area contributed by atoms with Crippen molar-refractivity contribution in [1.29, 1.82) is 0 Å². The summed E-state index contributed by atoms with van der Waals surface area (Å²) < 4.78 is 7.40. The van der Waals surface area contributed by atoms with Gasteiger partial charge in [0.05, 0.1) is 18.8 Å². The zero-order valence-electron chi connectivity index (χ0n) is 14.0. The zero-order chi connectivity index (χ0) is 16.4. The van der Waals surface area contributed by atoms with Crippen LogP contribution < -0.4 is 0 Å². The number of hydrogen-bond donors (Lipinski definition) is 0. The number of fused-ring (bicyclic) bond motifs is 1. The predicted octanol–water partition coefficient (Wildman–Crippen LogP) is 3.22. The quantitative estimate of drug-likeness (QED) is 0.855. The smallest absolute Gasteiger partial charge is 0.410 e. The van der Waals surface area contributed by atoms with Crippen LogP contribution in [0.25, 0.3) is 0 Å². The van der Waals surface area contributed by atoms with Gasteiger partial charge in [-0.25, -0.2) is 4.79 Å². The lowest BCUT2D eigenvalue weighted by Gasteiger charge is -2.29. The molecular formula is C18H23N3O2. The molecule has 3 rings (SSSR count). The van der Waals surface area contributed by atoms with Gasteiger partial charge >= 0.3 is 6.09 Å². The van der Waals surface area contributed by atoms with Crippen LogP contribution in [0.3, 0.4) is 0 Å². The SMILES string of the molecule is CC(C)(C)OC(=O)N1CCc2cn(Cc3ccccc3)nc2C1. The maximum absolute atomic E-state index is 12.2. The molecule has 2 aromatic rings. The molecule has 0 radical (unpaired) electrons. The van der Waals surface area contributed by atoms with Crippen LogP contribution in [0.1, 0.15) is 37.6 Å². The normalized spacial score (nSPS) is 14.5. The first-order valence-corrected chi connectivity index (χ1v) is 7.98. The molecule has 0 fully saturated rings. The van der Waals surface area contributed by atoms with E-state index in [9.17, 15) is 4.79 Å². The number of carbonyl (C=O) groups is 1. The first-order valence-electron chi connectivity index (χ1n) is 7.98. The van der Waals surface area contributed by atoms with Crippen LogP contribution in [0.15, 0.2) is 36.5 Å². The third-order valence-corrected chi connectivity index (χ3v) is 3.76. The highest BCUT2D eigenvalue weighted by Crippen LogP contribution is 2.20. The number of ether oxygens (including phenoxy) is 1. The standard InChI is InChI=1S/C18H23N3O2/c1-18(2,3)23-17(22)20-10-9-15-12-21(19-16(15)13-20)11-14-7-5-4-6-8-14/h4-8,12H,9-11,13H2,1-3H3. The zero-order valence-corrected chi connectivity index (χ0v) is 14.0. The highest BCUT2D eigenvalue weighted by atomic mass is 16.6. The van der Waals surface area contributed by atoms with E-state index in [-0.39, 0.29) is 6.09 Å². The average Bonchev–Trinajstić information content (AvgIpc) is 2.87. The Labute approximate surface area is 136 Å². The molecule has 0 unspecified atom stereocenters. The van der Waals surface area contributed by atoms with Gasteiger partial charge < -0.3 is 9.64 Å². The molecule has 1 aromatic heterocycles. The molecule has 1 aliphatic heterocycles. The van der Waals surface area contributed by atoms with Gasteiger partial charge in [-0.2, -0.15) is 5.10 Å². The van der Waals surface area contributed by atoms with Crippen LogP contribution in [0.2, 0.25) is 0 Å². The van der Waals surface area contributed by atoms with Crippen LogP contribution in [0, 0.1) is 0 Å². The molecular weight excluding hydrogens is 290 g/mol. The lowest BCUT2D eigenvalue weighted by Crippen LogP contribution is -2.39. The first-order chi connectivity index (χ1) is 10.9. The molecule has 2 heterocycles. The average molecular weight is 313 g/mol. The minimum Gasteiger partial charge on any atom is -0.444 e. The van der Waals surface area contributed by atoms with E-state index in [4.69, 9.17) is 4.74 Å². The van der Waals surface area contributed by atoms with E-state index in [0.717, 1.165) is 18.7 Å². The second-order valence-corrected chi connectivity index (χ2v) is 6.94. The fraction of sp³-hybridized carbons (Fsp3) is 0.444. The van der Waals surface area contributed by atoms with Gasteiger partial charge in [0.25, 0.3) is 0 Å². The van der Waals surface area contributed by atoms with E-state index in [1.165, 1.54) is 11.1 Å². The topological polar surface area (TPSA) is 47.4 Å². The maximum atomic E-state index is 12.2. The van der Waals surface area contributed by atoms with E-state index in [1.54, 1.807) is 4.90 Å². The van der Waals surface area contributed by atoms with Crippen molar-refractivity contribution in [3.63, 3.8) is 0 Å². The van der Waals surface area contributed by atoms with E-state index < -0.39 is 5.60 Å². The van der Waals surface area contributed by atoms with E-state index in [2.05, 4.69) is 23.4 Å². The van der Waals surface area contributed by atoms with Gasteiger partial charge in [0.15, 0.2) is 0 Å². The summed E-state index contributed by atoms with van der Waals surface area (Å²) in [4.78, 5) is 13.9. The molecule has 5 heteroatoms. The van der Waals surface area contributed by atoms with Gasteiger partial charge in [-0.05, 0) is 38.3 Å². The Balaban J connectivity index is 1.68. The van der Waals surface area contributed by atoms with Crippen LogP contribution >= 0.6 is 0 Å². The van der Waals surface area contributed by atoms with Crippen molar-refractivity contribution >= 4 is 6.09 Å². The highest BCUT2D eigenvalue weighted by Gasteiger charge is 2.27. The van der Waals surface area contributed by atoms with Crippen LogP contribution in [-0.2, 0) is 24.2 Å². The van der Waals surface area contributed by atoms with Crippen molar-refractivity contribution in [3.05, 3.63) is 53.3 Å². The summed E-state index contributed by atoms with van der Waals surface area (Å²) in [7, 11) is 0. The Morgan fingerprint density at radius 1 is 1.26 bits per heavy atom. The number of hydrogen-bond acceptors (Lipinski definition) is 3. The number of rotatable bonds is 2. The molecule has 0 saturated heterocycles. The van der Waals surface area contributed by atoms with Gasteiger partial charge in [-0.3, -0.25) is 4.68 Å². The molecule has 1 amide bonds. The van der Waals surface area contributed by atoms with E-state index >= 15 is 0 Å². The van der Waals surface area contributed by atoms with Crippen molar-refractivity contribution in [2.75, 3.05) is 6.54 Å². The number of benzene rings is 1. The summed E-state index contributed by atoms with van der Waals surface area (Å²) in [6, 6.07) is 10.3. The Kier molecular flexibility index (Phi) is 4.11. The fourth-order valence-corrected chi connectivity index (χ4v) is 2.69. The summed E-state index contributed by atoms with van der Waals surface area (Å²) in [5.41, 5.74) is 2.94. The number of nitrogens with zero attached hydrogens (tertiary/aromatic N) is 3. The van der Waals surface area contributed by atoms with Crippen LogP contribution in [0.4, 0.5) is 4.79 Å². The fourth-order valence-electron chi connectivity index (χ4n) is 2.69. The van der Waals surface area contributed by atoms with Gasteiger partial charge in [0.1, 0.15) is 5.60 Å². The molecule has 0 saturated carbocycles. The predicted molar refractivity (Wildman–Crippen MR) is 88.1 cm³/mol. The van der Waals surface area contributed by atoms with Gasteiger partial charge in [-0.1, -0.05) is 30.3 Å². The molecule has 0 spiro atoms. The second-order valence-electron chi connectivity index (χ2n) is 6.94. The summed E-state index contributed by atoms with van der Waals surface area (Å²) in [5.74, 6) is 0. The summed E-state index contributed by atoms with van der Waals surface area (Å²) >= 11 is 0. The number of carbonyl (C=O) groups excluding carboxylic acids is 1. The van der Waals surface area contributed by atoms with Crippen molar-refractivity contribution in [2.45, 2.75) is 45.9 Å². The third-order valence-electron chi connectivity index (χ3n) is 3.76. The Hall–Kier alpha value is -2.30. The van der Waals surface area contributed by atoms with Crippen molar-refractivity contribution < 1.29 is 9.53 Å². The van der Waals surface area contributed by atoms with Crippen molar-refractivity contribution in [1.82, 2.24) is 14.7 Å². The Bertz CT molecular complexity index is 686. The Morgan fingerprint density at radius 2 is 2.00 bits per heavy atom. The Morgan fingerprint density at radius 3 is 2.70 bits per heavy atom. The second kappa shape index (κ2) is 6.07. The lowest BCUT2D eigenvalue weighted by atomic mass is 10.1. The van der Waals surface area contributed by atoms with Crippen molar-refractivity contribution in [3.8, 4) is 0 Å². The summed E-state index contributed by atoms with van der Waals surface area (Å²) in [6.45, 7) is 7.60. The summed E-state index contributed by atoms with van der Waals surface area (Å²) in [6.07, 6.45) is 2.65. The third kappa shape index (κ3) is 3.92. The minimum absolute atomic E-state index is 0.263. The molecule has 0 bridgehead atoms. The molecule has 122 valence electrons. The van der Waals surface area contributed by atoms with Gasteiger partial charge in [0.2, 0.25) is 0 Å². The molecule has 1 aliphatic rings. The molecule has 23 heavy (non-hydrogen) atoms. The largest absolute Gasteiger partial charge is 0.444 e. The minimum atomic E-state index is -0.468. The van der Waals surface area contributed by atoms with E-state index in [0.29, 0.717) is 13.1 Å². The monoisotopic (exact) mass is 313 g/mol. The molecule has 0 N–H and O–H groups in total. The summed E-state index contributed by atoms with van der Waals surface area (Å²) in [5, 5.41) is 4.64. The maximum Gasteiger partial charge on any atom is 0.410 e. The highest BCUT2D eigenvalue weighted by molar-refractivity contribution is 5.68. The number of amides is 1. The van der Waals surface area contributed by atoms with Crippen molar-refractivity contribution in [2.24, 2.45) is 0 Å². The van der Waals surface area contributed by atoms with Crippen LogP contribution in [-0.4, -0.2) is 32.9 Å². The molecule has 0 aliphatic carbocycles. The first kappa shape index (κ1) is 15.6. The van der Waals surface area contributed by atoms with Crippen LogP contribution in [0.5, 0.6) is 0 Å². The molecule has 5 nitrogen and oxygen atoms in total. The van der Waals surface area contributed by atoms with Gasteiger partial charge in [-0.15, -0.1) is 0 Å². The lowest BCUT2D eigenvalue weighted by molar-refractivity contribution is 0.0221. The molecule has 1 aromatic carbocycles. The number of aromatic nitrogens is 2. The van der Waals surface area contributed by atoms with E-state index in [1.807, 2.05) is 43.7 Å². The van der Waals surface area contributed by atoms with Gasteiger partial charge in [0, 0.05) is 12.7 Å². The molecule has 0 atom stereocenters.